The minimum Gasteiger partial charge on any atom is -0.313 e. The van der Waals surface area contributed by atoms with Crippen molar-refractivity contribution in [3.8, 4) is 0 Å². The summed E-state index contributed by atoms with van der Waals surface area (Å²) in [5.41, 5.74) is 2.31. The summed E-state index contributed by atoms with van der Waals surface area (Å²) in [4.78, 5) is 0. The van der Waals surface area contributed by atoms with Crippen LogP contribution >= 0.6 is 11.3 Å². The van der Waals surface area contributed by atoms with Crippen LogP contribution in [0.4, 0.5) is 10.9 Å². The Kier molecular flexibility index (Phi) is 4.26. The van der Waals surface area contributed by atoms with E-state index in [0.29, 0.717) is 6.54 Å². The first-order chi connectivity index (χ1) is 12.3. The second-order valence-electron chi connectivity index (χ2n) is 5.64. The molecule has 0 fully saturated rings. The molecule has 0 saturated heterocycles. The summed E-state index contributed by atoms with van der Waals surface area (Å²) >= 11 is 1.50. The maximum atomic E-state index is 4.53. The van der Waals surface area contributed by atoms with E-state index in [-0.39, 0.29) is 0 Å². The largest absolute Gasteiger partial charge is 0.313 e. The van der Waals surface area contributed by atoms with E-state index in [4.69, 9.17) is 0 Å². The van der Waals surface area contributed by atoms with Crippen molar-refractivity contribution in [3.63, 3.8) is 0 Å². The molecule has 0 aliphatic rings. The Morgan fingerprint density at radius 3 is 2.72 bits per heavy atom. The Balaban J connectivity index is 1.40. The van der Waals surface area contributed by atoms with Crippen LogP contribution in [0.2, 0.25) is 0 Å². The number of aryl methyl sites for hydroxylation is 1. The van der Waals surface area contributed by atoms with Crippen LogP contribution in [-0.4, -0.2) is 29.8 Å². The van der Waals surface area contributed by atoms with Crippen molar-refractivity contribution in [1.29, 1.82) is 0 Å². The van der Waals surface area contributed by atoms with Crippen LogP contribution in [0.15, 0.2) is 54.9 Å². The van der Waals surface area contributed by atoms with Crippen molar-refractivity contribution in [3.05, 3.63) is 71.1 Å². The molecule has 0 spiro atoms. The van der Waals surface area contributed by atoms with Crippen molar-refractivity contribution < 1.29 is 0 Å². The molecule has 7 nitrogen and oxygen atoms in total. The number of anilines is 2. The molecule has 3 aromatic heterocycles. The Morgan fingerprint density at radius 1 is 1.04 bits per heavy atom. The first kappa shape index (κ1) is 15.5. The van der Waals surface area contributed by atoms with E-state index in [2.05, 4.69) is 37.8 Å². The van der Waals surface area contributed by atoms with Gasteiger partial charge in [-0.2, -0.15) is 10.2 Å². The maximum absolute atomic E-state index is 4.53. The number of benzene rings is 1. The zero-order valence-electron chi connectivity index (χ0n) is 13.7. The third kappa shape index (κ3) is 3.74. The number of aromatic nitrogens is 6. The summed E-state index contributed by atoms with van der Waals surface area (Å²) in [6, 6.07) is 14.1. The molecule has 4 rings (SSSR count). The van der Waals surface area contributed by atoms with E-state index in [1.807, 2.05) is 52.8 Å². The molecular weight excluding hydrogens is 334 g/mol. The van der Waals surface area contributed by atoms with E-state index in [9.17, 15) is 0 Å². The van der Waals surface area contributed by atoms with Gasteiger partial charge in [0, 0.05) is 24.2 Å². The molecule has 8 heteroatoms. The summed E-state index contributed by atoms with van der Waals surface area (Å²) in [5, 5.41) is 22.0. The number of nitrogens with one attached hydrogen (secondary N) is 1. The van der Waals surface area contributed by atoms with E-state index in [1.54, 1.807) is 6.20 Å². The average molecular weight is 351 g/mol. The SMILES string of the molecule is Cc1ccnn1Cc1nnc(Nc2ccn(Cc3ccccc3)n2)s1. The molecule has 0 bridgehead atoms. The van der Waals surface area contributed by atoms with Gasteiger partial charge in [0.2, 0.25) is 5.13 Å². The minimum atomic E-state index is 0.626. The molecular formula is C17H17N7S. The van der Waals surface area contributed by atoms with Crippen LogP contribution in [0.1, 0.15) is 16.3 Å². The van der Waals surface area contributed by atoms with Crippen LogP contribution < -0.4 is 5.32 Å². The number of rotatable bonds is 6. The van der Waals surface area contributed by atoms with Crippen LogP contribution in [-0.2, 0) is 13.1 Å². The highest BCUT2D eigenvalue weighted by Crippen LogP contribution is 2.20. The molecule has 0 aliphatic carbocycles. The highest BCUT2D eigenvalue weighted by Gasteiger charge is 2.08. The van der Waals surface area contributed by atoms with Gasteiger partial charge in [0.1, 0.15) is 5.01 Å². The average Bonchev–Trinajstić information content (AvgIpc) is 3.33. The number of nitrogens with zero attached hydrogens (tertiary/aromatic N) is 6. The molecule has 0 unspecified atom stereocenters. The van der Waals surface area contributed by atoms with Gasteiger partial charge in [0.15, 0.2) is 5.82 Å². The van der Waals surface area contributed by atoms with Gasteiger partial charge in [0.25, 0.3) is 0 Å². The smallest absolute Gasteiger partial charge is 0.211 e. The highest BCUT2D eigenvalue weighted by molar-refractivity contribution is 7.15. The second kappa shape index (κ2) is 6.86. The zero-order valence-corrected chi connectivity index (χ0v) is 14.5. The molecule has 0 radical (unpaired) electrons. The Bertz CT molecular complexity index is 954. The predicted molar refractivity (Wildman–Crippen MR) is 97.0 cm³/mol. The monoisotopic (exact) mass is 351 g/mol. The molecule has 126 valence electrons. The standard InChI is InChI=1S/C17H17N7S/c1-13-7-9-18-24(13)12-16-20-21-17(25-16)19-15-8-10-23(22-15)11-14-5-3-2-4-6-14/h2-10H,11-12H2,1H3,(H,19,21,22). The molecule has 25 heavy (non-hydrogen) atoms. The van der Waals surface area contributed by atoms with Gasteiger partial charge < -0.3 is 5.32 Å². The minimum absolute atomic E-state index is 0.626. The van der Waals surface area contributed by atoms with Crippen LogP contribution in [0, 0.1) is 6.92 Å². The molecule has 0 aliphatic heterocycles. The predicted octanol–water partition coefficient (Wildman–Crippen LogP) is 3.08. The fourth-order valence-corrected chi connectivity index (χ4v) is 3.19. The molecule has 4 aromatic rings. The third-order valence-corrected chi connectivity index (χ3v) is 4.57. The van der Waals surface area contributed by atoms with Crippen LogP contribution in [0.3, 0.4) is 0 Å². The van der Waals surface area contributed by atoms with E-state index in [1.165, 1.54) is 16.9 Å². The van der Waals surface area contributed by atoms with Crippen LogP contribution in [0.25, 0.3) is 0 Å². The van der Waals surface area contributed by atoms with Crippen molar-refractivity contribution in [2.75, 3.05) is 5.32 Å². The van der Waals surface area contributed by atoms with E-state index in [0.717, 1.165) is 28.2 Å². The molecule has 3 heterocycles. The number of hydrogen-bond acceptors (Lipinski definition) is 6. The Labute approximate surface area is 149 Å². The van der Waals surface area contributed by atoms with Gasteiger partial charge in [-0.1, -0.05) is 41.7 Å². The second-order valence-corrected chi connectivity index (χ2v) is 6.70. The first-order valence-electron chi connectivity index (χ1n) is 7.91. The Hall–Kier alpha value is -3.00. The topological polar surface area (TPSA) is 73.5 Å². The molecule has 0 saturated carbocycles. The lowest BCUT2D eigenvalue weighted by molar-refractivity contribution is 0.657. The van der Waals surface area contributed by atoms with Crippen molar-refractivity contribution in [2.45, 2.75) is 20.0 Å². The molecule has 0 atom stereocenters. The molecule has 1 N–H and O–H groups in total. The van der Waals surface area contributed by atoms with Gasteiger partial charge >= 0.3 is 0 Å². The normalized spacial score (nSPS) is 10.9. The summed E-state index contributed by atoms with van der Waals surface area (Å²) in [5.74, 6) is 0.758. The Morgan fingerprint density at radius 2 is 1.92 bits per heavy atom. The van der Waals surface area contributed by atoms with E-state index >= 15 is 0 Å². The fourth-order valence-electron chi connectivity index (χ4n) is 2.46. The quantitative estimate of drug-likeness (QED) is 0.578. The summed E-state index contributed by atoms with van der Waals surface area (Å²) in [7, 11) is 0. The van der Waals surface area contributed by atoms with Crippen molar-refractivity contribution in [1.82, 2.24) is 29.8 Å². The lowest BCUT2D eigenvalue weighted by atomic mass is 10.2. The van der Waals surface area contributed by atoms with Gasteiger partial charge in [0.05, 0.1) is 13.1 Å². The summed E-state index contributed by atoms with van der Waals surface area (Å²) in [6.07, 6.45) is 3.74. The van der Waals surface area contributed by atoms with Gasteiger partial charge in [-0.05, 0) is 18.6 Å². The van der Waals surface area contributed by atoms with E-state index < -0.39 is 0 Å². The summed E-state index contributed by atoms with van der Waals surface area (Å²) in [6.45, 7) is 3.38. The first-order valence-corrected chi connectivity index (χ1v) is 8.73. The maximum Gasteiger partial charge on any atom is 0.211 e. The van der Waals surface area contributed by atoms with Crippen molar-refractivity contribution >= 4 is 22.3 Å². The van der Waals surface area contributed by atoms with Gasteiger partial charge in [-0.25, -0.2) is 0 Å². The molecule has 1 aromatic carbocycles. The zero-order chi connectivity index (χ0) is 17.1. The van der Waals surface area contributed by atoms with Gasteiger partial charge in [-0.3, -0.25) is 9.36 Å². The molecule has 0 amide bonds. The van der Waals surface area contributed by atoms with Crippen molar-refractivity contribution in [2.24, 2.45) is 0 Å². The number of hydrogen-bond donors (Lipinski definition) is 1. The van der Waals surface area contributed by atoms with Gasteiger partial charge in [-0.15, -0.1) is 10.2 Å². The fraction of sp³-hybridized carbons (Fsp3) is 0.176. The van der Waals surface area contributed by atoms with Crippen LogP contribution in [0.5, 0.6) is 0 Å². The summed E-state index contributed by atoms with van der Waals surface area (Å²) < 4.78 is 3.80. The highest BCUT2D eigenvalue weighted by atomic mass is 32.1. The third-order valence-electron chi connectivity index (χ3n) is 3.74. The lowest BCUT2D eigenvalue weighted by Gasteiger charge is -2.01. The lowest BCUT2D eigenvalue weighted by Crippen LogP contribution is -2.02.